The molecule has 0 radical (unpaired) electrons. The molecule has 4 rings (SSSR count). The Hall–Kier alpha value is -0.410. The first-order valence-electron chi connectivity index (χ1n) is 11.9. The highest BCUT2D eigenvalue weighted by atomic mass is 35.5. The van der Waals surface area contributed by atoms with E-state index in [-0.39, 0.29) is 17.3 Å². The molecule has 0 N–H and O–H groups in total. The second-order valence-electron chi connectivity index (χ2n) is 11.2. The van der Waals surface area contributed by atoms with E-state index in [9.17, 15) is 16.8 Å². The van der Waals surface area contributed by atoms with Gasteiger partial charge in [0.05, 0.1) is 17.4 Å². The van der Waals surface area contributed by atoms with E-state index in [1.165, 1.54) is 0 Å². The van der Waals surface area contributed by atoms with Crippen LogP contribution in [0.15, 0.2) is 23.8 Å². The molecular formula is C24H37ClO6S2. The van der Waals surface area contributed by atoms with Gasteiger partial charge in [-0.05, 0) is 54.4 Å². The van der Waals surface area contributed by atoms with Gasteiger partial charge >= 0.3 is 0 Å². The van der Waals surface area contributed by atoms with E-state index in [1.807, 2.05) is 13.0 Å². The minimum atomic E-state index is -3.91. The highest BCUT2D eigenvalue weighted by Crippen LogP contribution is 2.71. The number of allylic oxidation sites excluding steroid dienone is 3. The molecule has 3 fully saturated rings. The number of alkyl halides is 1. The maximum atomic E-state index is 12.5. The van der Waals surface area contributed by atoms with Gasteiger partial charge in [-0.3, -0.25) is 8.37 Å². The zero-order chi connectivity index (χ0) is 24.6. The Bertz CT molecular complexity index is 1080. The lowest BCUT2D eigenvalue weighted by atomic mass is 9.46. The van der Waals surface area contributed by atoms with Crippen LogP contribution in [0.2, 0.25) is 0 Å². The van der Waals surface area contributed by atoms with E-state index in [4.69, 9.17) is 20.0 Å². The highest BCUT2D eigenvalue weighted by Gasteiger charge is 2.71. The fraction of sp³-hybridized carbons (Fsp3) is 0.833. The molecule has 0 spiro atoms. The van der Waals surface area contributed by atoms with Crippen molar-refractivity contribution in [2.75, 3.05) is 12.5 Å². The molecule has 9 heteroatoms. The van der Waals surface area contributed by atoms with Gasteiger partial charge in [0.25, 0.3) is 20.2 Å². The molecule has 4 aliphatic rings. The zero-order valence-electron chi connectivity index (χ0n) is 20.4. The van der Waals surface area contributed by atoms with Crippen LogP contribution in [-0.2, 0) is 28.6 Å². The molecule has 9 atom stereocenters. The van der Waals surface area contributed by atoms with Crippen molar-refractivity contribution in [3.8, 4) is 0 Å². The van der Waals surface area contributed by atoms with Gasteiger partial charge in [0.1, 0.15) is 12.2 Å². The Labute approximate surface area is 204 Å². The average molecular weight is 521 g/mol. The summed E-state index contributed by atoms with van der Waals surface area (Å²) in [7, 11) is -7.80. The molecule has 0 unspecified atom stereocenters. The van der Waals surface area contributed by atoms with Gasteiger partial charge in [-0.2, -0.15) is 16.8 Å². The number of rotatable bonds is 5. The van der Waals surface area contributed by atoms with Crippen molar-refractivity contribution < 1.29 is 25.2 Å². The third kappa shape index (κ3) is 3.96. The predicted octanol–water partition coefficient (Wildman–Crippen LogP) is 4.66. The van der Waals surface area contributed by atoms with Crippen LogP contribution in [0.4, 0.5) is 0 Å². The Balaban J connectivity index is 1.95. The van der Waals surface area contributed by atoms with Crippen molar-refractivity contribution in [2.45, 2.75) is 76.9 Å². The van der Waals surface area contributed by atoms with Crippen molar-refractivity contribution in [3.63, 3.8) is 0 Å². The molecule has 0 aliphatic heterocycles. The molecule has 0 aromatic heterocycles. The fourth-order valence-electron chi connectivity index (χ4n) is 8.16. The zero-order valence-corrected chi connectivity index (χ0v) is 22.8. The van der Waals surface area contributed by atoms with E-state index >= 15 is 0 Å². The maximum absolute atomic E-state index is 12.5. The summed E-state index contributed by atoms with van der Waals surface area (Å²) in [4.78, 5) is -0.811. The first kappa shape index (κ1) is 25.7. The second kappa shape index (κ2) is 8.05. The highest BCUT2D eigenvalue weighted by molar-refractivity contribution is 7.86. The fourth-order valence-corrected chi connectivity index (χ4v) is 9.91. The molecular weight excluding hydrogens is 484 g/mol. The van der Waals surface area contributed by atoms with Crippen LogP contribution >= 0.6 is 11.6 Å². The van der Waals surface area contributed by atoms with Crippen LogP contribution in [0, 0.1) is 34.5 Å². The summed E-state index contributed by atoms with van der Waals surface area (Å²) in [6.45, 7) is 8.83. The summed E-state index contributed by atoms with van der Waals surface area (Å²) in [5.74, 6) is 0.658. The molecule has 0 saturated heterocycles. The topological polar surface area (TPSA) is 86.7 Å². The van der Waals surface area contributed by atoms with Crippen molar-refractivity contribution in [3.05, 3.63) is 23.8 Å². The van der Waals surface area contributed by atoms with Crippen molar-refractivity contribution in [1.82, 2.24) is 0 Å². The van der Waals surface area contributed by atoms with Gasteiger partial charge in [-0.25, -0.2) is 0 Å². The quantitative estimate of drug-likeness (QED) is 0.298. The van der Waals surface area contributed by atoms with Crippen LogP contribution < -0.4 is 0 Å². The third-order valence-corrected chi connectivity index (χ3v) is 11.3. The normalized spacial score (nSPS) is 47.4. The lowest BCUT2D eigenvalue weighted by Crippen LogP contribution is -2.68. The van der Waals surface area contributed by atoms with E-state index < -0.39 is 42.7 Å². The van der Waals surface area contributed by atoms with Crippen LogP contribution in [0.1, 0.15) is 59.8 Å². The lowest BCUT2D eigenvalue weighted by Gasteiger charge is -2.64. The van der Waals surface area contributed by atoms with Crippen LogP contribution in [-0.4, -0.2) is 46.4 Å². The Morgan fingerprint density at radius 2 is 1.73 bits per heavy atom. The molecule has 0 aromatic carbocycles. The first-order valence-corrected chi connectivity index (χ1v) is 15.9. The Kier molecular flexibility index (Phi) is 6.26. The number of hydrogen-bond donors (Lipinski definition) is 0. The largest absolute Gasteiger partial charge is 0.265 e. The summed E-state index contributed by atoms with van der Waals surface area (Å²) in [6.07, 6.45) is 10.2. The molecule has 188 valence electrons. The van der Waals surface area contributed by atoms with E-state index in [2.05, 4.69) is 32.9 Å². The Morgan fingerprint density at radius 3 is 2.30 bits per heavy atom. The maximum Gasteiger partial charge on any atom is 0.265 e. The monoisotopic (exact) mass is 520 g/mol. The number of hydrogen-bond acceptors (Lipinski definition) is 6. The molecule has 4 aliphatic carbocycles. The minimum Gasteiger partial charge on any atom is -0.263 e. The SMILES string of the molecule is CC[C@H]1[C@@H](C)C[C@H]2[C@@H]3[C@@H](OS(C)(=O)=O)[C@@H](OS(C)(=O)=O)C4=CCC=C[C@]4(C)[C@@]3(Cl)CC[C@@]21C. The first-order chi connectivity index (χ1) is 15.1. The standard InChI is InChI=1S/C24H37ClO6S2/c1-7-16-15(2)14-18-19-21(31-33(6,28)29)20(30-32(5,26)27)17-10-8-9-11-23(17,4)24(19,25)13-12-22(16,18)3/h9-11,15-16,18-21H,7-8,12-14H2,1-6H3/t15-,16-,18-,19+,20-,21+,22+,23-,24+/m0/s1. The Morgan fingerprint density at radius 1 is 1.09 bits per heavy atom. The van der Waals surface area contributed by atoms with E-state index in [0.29, 0.717) is 30.3 Å². The van der Waals surface area contributed by atoms with Gasteiger partial charge < -0.3 is 0 Å². The van der Waals surface area contributed by atoms with Gasteiger partial charge in [0.2, 0.25) is 0 Å². The number of halogens is 1. The van der Waals surface area contributed by atoms with Crippen molar-refractivity contribution >= 4 is 31.8 Å². The predicted molar refractivity (Wildman–Crippen MR) is 130 cm³/mol. The second-order valence-corrected chi connectivity index (χ2v) is 15.1. The smallest absolute Gasteiger partial charge is 0.263 e. The summed E-state index contributed by atoms with van der Waals surface area (Å²) in [6, 6.07) is 0. The summed E-state index contributed by atoms with van der Waals surface area (Å²) in [5.41, 5.74) is 0.0121. The molecule has 0 heterocycles. The molecule has 6 nitrogen and oxygen atoms in total. The van der Waals surface area contributed by atoms with E-state index in [1.54, 1.807) is 0 Å². The molecule has 0 aromatic rings. The van der Waals surface area contributed by atoms with E-state index in [0.717, 1.165) is 31.8 Å². The number of fused-ring (bicyclic) bond motifs is 5. The molecule has 0 bridgehead atoms. The van der Waals surface area contributed by atoms with Gasteiger partial charge in [-0.1, -0.05) is 52.3 Å². The molecule has 33 heavy (non-hydrogen) atoms. The molecule has 3 saturated carbocycles. The van der Waals surface area contributed by atoms with Crippen LogP contribution in [0.25, 0.3) is 0 Å². The van der Waals surface area contributed by atoms with Crippen LogP contribution in [0.3, 0.4) is 0 Å². The summed E-state index contributed by atoms with van der Waals surface area (Å²) >= 11 is 7.65. The van der Waals surface area contributed by atoms with Crippen molar-refractivity contribution in [2.24, 2.45) is 34.5 Å². The molecule has 0 amide bonds. The van der Waals surface area contributed by atoms with Gasteiger partial charge in [0.15, 0.2) is 0 Å². The van der Waals surface area contributed by atoms with Gasteiger partial charge in [0, 0.05) is 11.3 Å². The summed E-state index contributed by atoms with van der Waals surface area (Å²) < 4.78 is 61.1. The minimum absolute atomic E-state index is 0.0259. The lowest BCUT2D eigenvalue weighted by molar-refractivity contribution is -0.105. The van der Waals surface area contributed by atoms with Crippen LogP contribution in [0.5, 0.6) is 0 Å². The average Bonchev–Trinajstić information content (AvgIpc) is 2.93. The third-order valence-electron chi connectivity index (χ3n) is 9.35. The van der Waals surface area contributed by atoms with Crippen molar-refractivity contribution in [1.29, 1.82) is 0 Å². The summed E-state index contributed by atoms with van der Waals surface area (Å²) in [5, 5.41) is 0. The van der Waals surface area contributed by atoms with Gasteiger partial charge in [-0.15, -0.1) is 11.6 Å².